The molecule has 0 atom stereocenters. The average Bonchev–Trinajstić information content (AvgIpc) is 2.72. The molecule has 0 aliphatic rings. The molecule has 0 aliphatic heterocycles. The van der Waals surface area contributed by atoms with Crippen LogP contribution in [-0.4, -0.2) is 17.5 Å². The van der Waals surface area contributed by atoms with Gasteiger partial charge in [0.15, 0.2) is 6.61 Å². The van der Waals surface area contributed by atoms with Crippen LogP contribution in [0.15, 0.2) is 34.9 Å². The molecule has 0 bridgehead atoms. The summed E-state index contributed by atoms with van der Waals surface area (Å²) in [6.07, 6.45) is 1.45. The Labute approximate surface area is 104 Å². The largest absolute Gasteiger partial charge is 0.484 e. The lowest BCUT2D eigenvalue weighted by Gasteiger charge is -2.05. The Bertz CT molecular complexity index is 551. The molecule has 2 rings (SSSR count). The third kappa shape index (κ3) is 3.24. The van der Waals surface area contributed by atoms with Crippen molar-refractivity contribution in [2.75, 3.05) is 17.7 Å². The zero-order chi connectivity index (χ0) is 13.0. The van der Waals surface area contributed by atoms with E-state index >= 15 is 0 Å². The highest BCUT2D eigenvalue weighted by Gasteiger charge is 2.07. The summed E-state index contributed by atoms with van der Waals surface area (Å²) < 4.78 is 10.3. The van der Waals surface area contributed by atoms with Crippen molar-refractivity contribution in [3.05, 3.63) is 36.2 Å². The average molecular weight is 247 g/mol. The number of oxazole rings is 1. The summed E-state index contributed by atoms with van der Waals surface area (Å²) in [4.78, 5) is 15.5. The Morgan fingerprint density at radius 3 is 3.06 bits per heavy atom. The smallest absolute Gasteiger partial charge is 0.301 e. The van der Waals surface area contributed by atoms with Crippen LogP contribution < -0.4 is 15.8 Å². The van der Waals surface area contributed by atoms with Crippen LogP contribution in [-0.2, 0) is 4.79 Å². The second-order valence-corrected chi connectivity index (χ2v) is 3.70. The maximum atomic E-state index is 11.5. The number of benzene rings is 1. The lowest BCUT2D eigenvalue weighted by molar-refractivity contribution is -0.118. The zero-order valence-electron chi connectivity index (χ0n) is 9.84. The van der Waals surface area contributed by atoms with Crippen molar-refractivity contribution in [3.63, 3.8) is 0 Å². The number of nitrogens with two attached hydrogens (primary N) is 1. The van der Waals surface area contributed by atoms with E-state index in [0.29, 0.717) is 17.1 Å². The minimum absolute atomic E-state index is 0.134. The van der Waals surface area contributed by atoms with Gasteiger partial charge in [-0.1, -0.05) is 6.07 Å². The molecule has 1 amide bonds. The Morgan fingerprint density at radius 2 is 2.39 bits per heavy atom. The molecule has 0 unspecified atom stereocenters. The summed E-state index contributed by atoms with van der Waals surface area (Å²) in [5.74, 6) is 0.188. The number of aryl methyl sites for hydroxylation is 1. The number of nitrogens with one attached hydrogen (secondary N) is 1. The molecule has 0 radical (unpaired) electrons. The minimum atomic E-state index is -0.348. The molecule has 1 aromatic carbocycles. The monoisotopic (exact) mass is 247 g/mol. The molecule has 0 aliphatic carbocycles. The Morgan fingerprint density at radius 1 is 1.56 bits per heavy atom. The van der Waals surface area contributed by atoms with Crippen LogP contribution in [0.3, 0.4) is 0 Å². The van der Waals surface area contributed by atoms with Gasteiger partial charge in [0.2, 0.25) is 0 Å². The second-order valence-electron chi connectivity index (χ2n) is 3.70. The molecule has 3 N–H and O–H groups in total. The van der Waals surface area contributed by atoms with Crippen molar-refractivity contribution in [3.8, 4) is 5.75 Å². The standard InChI is InChI=1S/C12H13N3O3/c1-8-6-18-12(14-8)15-11(16)7-17-10-4-2-3-9(13)5-10/h2-6H,7,13H2,1H3,(H,14,15,16). The highest BCUT2D eigenvalue weighted by molar-refractivity contribution is 5.89. The van der Waals surface area contributed by atoms with E-state index in [0.717, 1.165) is 0 Å². The lowest BCUT2D eigenvalue weighted by atomic mass is 10.3. The molecule has 6 heteroatoms. The van der Waals surface area contributed by atoms with Crippen molar-refractivity contribution < 1.29 is 13.9 Å². The molecule has 6 nitrogen and oxygen atoms in total. The number of amides is 1. The SMILES string of the molecule is Cc1coc(NC(=O)COc2cccc(N)c2)n1. The van der Waals surface area contributed by atoms with Crippen molar-refractivity contribution in [1.82, 2.24) is 4.98 Å². The summed E-state index contributed by atoms with van der Waals surface area (Å²) in [6, 6.07) is 7.01. The summed E-state index contributed by atoms with van der Waals surface area (Å²) >= 11 is 0. The maximum Gasteiger partial charge on any atom is 0.301 e. The summed E-state index contributed by atoms with van der Waals surface area (Å²) in [5.41, 5.74) is 6.86. The van der Waals surface area contributed by atoms with Crippen LogP contribution in [0.25, 0.3) is 0 Å². The first-order valence-electron chi connectivity index (χ1n) is 5.34. The number of carbonyl (C=O) groups excluding carboxylic acids is 1. The molecule has 1 heterocycles. The molecular formula is C12H13N3O3. The number of nitrogen functional groups attached to an aromatic ring is 1. The quantitative estimate of drug-likeness (QED) is 0.800. The van der Waals surface area contributed by atoms with Crippen LogP contribution >= 0.6 is 0 Å². The van der Waals surface area contributed by atoms with E-state index in [1.165, 1.54) is 6.26 Å². The van der Waals surface area contributed by atoms with Gasteiger partial charge in [-0.05, 0) is 19.1 Å². The topological polar surface area (TPSA) is 90.4 Å². The Balaban J connectivity index is 1.85. The number of hydrogen-bond donors (Lipinski definition) is 2. The van der Waals surface area contributed by atoms with Crippen LogP contribution in [0.2, 0.25) is 0 Å². The number of hydrogen-bond acceptors (Lipinski definition) is 5. The minimum Gasteiger partial charge on any atom is -0.484 e. The molecule has 18 heavy (non-hydrogen) atoms. The van der Waals surface area contributed by atoms with Gasteiger partial charge in [0, 0.05) is 11.8 Å². The van der Waals surface area contributed by atoms with Crippen molar-refractivity contribution in [2.24, 2.45) is 0 Å². The first-order valence-corrected chi connectivity index (χ1v) is 5.34. The van der Waals surface area contributed by atoms with Gasteiger partial charge in [0.1, 0.15) is 12.0 Å². The molecule has 1 aromatic heterocycles. The van der Waals surface area contributed by atoms with E-state index in [2.05, 4.69) is 10.3 Å². The van der Waals surface area contributed by atoms with Gasteiger partial charge < -0.3 is 14.9 Å². The van der Waals surface area contributed by atoms with Crippen molar-refractivity contribution in [1.29, 1.82) is 0 Å². The molecular weight excluding hydrogens is 234 g/mol. The second kappa shape index (κ2) is 5.22. The third-order valence-corrected chi connectivity index (χ3v) is 2.09. The molecule has 0 spiro atoms. The number of anilines is 2. The third-order valence-electron chi connectivity index (χ3n) is 2.09. The summed E-state index contributed by atoms with van der Waals surface area (Å²) in [7, 11) is 0. The molecule has 0 saturated heterocycles. The summed E-state index contributed by atoms with van der Waals surface area (Å²) in [5, 5.41) is 2.47. The van der Waals surface area contributed by atoms with Gasteiger partial charge in [0.25, 0.3) is 5.91 Å². The molecule has 2 aromatic rings. The highest BCUT2D eigenvalue weighted by atomic mass is 16.5. The number of carbonyl (C=O) groups is 1. The van der Waals surface area contributed by atoms with E-state index in [1.807, 2.05) is 0 Å². The van der Waals surface area contributed by atoms with Crippen LogP contribution in [0.1, 0.15) is 5.69 Å². The zero-order valence-corrected chi connectivity index (χ0v) is 9.84. The predicted molar refractivity (Wildman–Crippen MR) is 66.2 cm³/mol. The predicted octanol–water partition coefficient (Wildman–Crippen LogP) is 1.58. The van der Waals surface area contributed by atoms with Gasteiger partial charge in [0.05, 0.1) is 5.69 Å². The fourth-order valence-electron chi connectivity index (χ4n) is 1.32. The van der Waals surface area contributed by atoms with Crippen molar-refractivity contribution >= 4 is 17.6 Å². The molecule has 0 saturated carbocycles. The Kier molecular flexibility index (Phi) is 3.47. The van der Waals surface area contributed by atoms with Gasteiger partial charge in [-0.15, -0.1) is 0 Å². The molecule has 94 valence electrons. The molecule has 0 fully saturated rings. The fraction of sp³-hybridized carbons (Fsp3) is 0.167. The number of aromatic nitrogens is 1. The van der Waals surface area contributed by atoms with Crippen LogP contribution in [0.4, 0.5) is 11.7 Å². The maximum absolute atomic E-state index is 11.5. The first kappa shape index (κ1) is 12.0. The van der Waals surface area contributed by atoms with E-state index in [-0.39, 0.29) is 18.5 Å². The van der Waals surface area contributed by atoms with Gasteiger partial charge >= 0.3 is 6.01 Å². The van der Waals surface area contributed by atoms with E-state index in [4.69, 9.17) is 14.9 Å². The van der Waals surface area contributed by atoms with E-state index in [1.54, 1.807) is 31.2 Å². The fourth-order valence-corrected chi connectivity index (χ4v) is 1.32. The lowest BCUT2D eigenvalue weighted by Crippen LogP contribution is -2.20. The van der Waals surface area contributed by atoms with Crippen molar-refractivity contribution in [2.45, 2.75) is 6.92 Å². The first-order chi connectivity index (χ1) is 8.63. The number of rotatable bonds is 4. The van der Waals surface area contributed by atoms with Crippen LogP contribution in [0, 0.1) is 6.92 Å². The number of ether oxygens (including phenoxy) is 1. The van der Waals surface area contributed by atoms with Gasteiger partial charge in [-0.3, -0.25) is 10.1 Å². The highest BCUT2D eigenvalue weighted by Crippen LogP contribution is 2.14. The van der Waals surface area contributed by atoms with Gasteiger partial charge in [-0.2, -0.15) is 4.98 Å². The Hall–Kier alpha value is -2.50. The van der Waals surface area contributed by atoms with E-state index < -0.39 is 0 Å². The van der Waals surface area contributed by atoms with E-state index in [9.17, 15) is 4.79 Å². The van der Waals surface area contributed by atoms with Gasteiger partial charge in [-0.25, -0.2) is 0 Å². The normalized spacial score (nSPS) is 10.1. The van der Waals surface area contributed by atoms with Crippen LogP contribution in [0.5, 0.6) is 5.75 Å². The number of nitrogens with zero attached hydrogens (tertiary/aromatic N) is 1. The summed E-state index contributed by atoms with van der Waals surface area (Å²) in [6.45, 7) is 1.63.